The van der Waals surface area contributed by atoms with Crippen LogP contribution in [0.15, 0.2) is 28.8 Å². The first-order valence-electron chi connectivity index (χ1n) is 7.25. The molecule has 118 valence electrons. The molecule has 0 aliphatic heterocycles. The van der Waals surface area contributed by atoms with E-state index >= 15 is 0 Å². The molecule has 22 heavy (non-hydrogen) atoms. The number of anilines is 1. The molecule has 6 nitrogen and oxygen atoms in total. The van der Waals surface area contributed by atoms with Crippen molar-refractivity contribution < 1.29 is 9.32 Å². The molecule has 1 heterocycles. The van der Waals surface area contributed by atoms with Crippen LogP contribution < -0.4 is 10.6 Å². The summed E-state index contributed by atoms with van der Waals surface area (Å²) in [5, 5.41) is 10.4. The van der Waals surface area contributed by atoms with Crippen LogP contribution in [-0.4, -0.2) is 22.6 Å². The first kappa shape index (κ1) is 16.3. The molecule has 0 fully saturated rings. The van der Waals surface area contributed by atoms with Gasteiger partial charge in [0.2, 0.25) is 11.8 Å². The highest BCUT2D eigenvalue weighted by atomic mass is 35.5. The Labute approximate surface area is 134 Å². The molecular formula is C15H19ClN4O2. The zero-order valence-electron chi connectivity index (χ0n) is 12.4. The normalized spacial score (nSPS) is 10.5. The third kappa shape index (κ3) is 5.37. The molecule has 2 N–H and O–H groups in total. The standard InChI is InChI=1S/C15H19ClN4O2/c1-2-3-7-17-14(21)9-13-19-15(22-20-13)10-18-12-6-4-5-11(16)8-12/h4-6,8,18H,2-3,7,9-10H2,1H3,(H,17,21). The first-order valence-corrected chi connectivity index (χ1v) is 7.62. The summed E-state index contributed by atoms with van der Waals surface area (Å²) in [6, 6.07) is 7.35. The lowest BCUT2D eigenvalue weighted by Gasteiger charge is -2.02. The number of rotatable bonds is 8. The largest absolute Gasteiger partial charge is 0.376 e. The fraction of sp³-hybridized carbons (Fsp3) is 0.400. The Balaban J connectivity index is 1.80. The molecular weight excluding hydrogens is 304 g/mol. The number of unbranched alkanes of at least 4 members (excludes halogenated alkanes) is 1. The molecule has 0 spiro atoms. The van der Waals surface area contributed by atoms with Gasteiger partial charge in [-0.15, -0.1) is 0 Å². The number of carbonyl (C=O) groups excluding carboxylic acids is 1. The van der Waals surface area contributed by atoms with Crippen LogP contribution in [-0.2, 0) is 17.8 Å². The highest BCUT2D eigenvalue weighted by Gasteiger charge is 2.10. The minimum Gasteiger partial charge on any atom is -0.376 e. The fourth-order valence-corrected chi connectivity index (χ4v) is 2.01. The van der Waals surface area contributed by atoms with Gasteiger partial charge in [-0.05, 0) is 24.6 Å². The molecule has 0 saturated carbocycles. The minimum absolute atomic E-state index is 0.0939. The van der Waals surface area contributed by atoms with Gasteiger partial charge in [-0.3, -0.25) is 4.79 Å². The molecule has 0 unspecified atom stereocenters. The van der Waals surface area contributed by atoms with Crippen LogP contribution in [0.2, 0.25) is 5.02 Å². The van der Waals surface area contributed by atoms with E-state index in [1.807, 2.05) is 12.1 Å². The average molecular weight is 323 g/mol. The Morgan fingerprint density at radius 1 is 1.41 bits per heavy atom. The third-order valence-electron chi connectivity index (χ3n) is 2.95. The van der Waals surface area contributed by atoms with Crippen molar-refractivity contribution in [1.82, 2.24) is 15.5 Å². The van der Waals surface area contributed by atoms with Crippen LogP contribution >= 0.6 is 11.6 Å². The second kappa shape index (κ2) is 8.38. The fourth-order valence-electron chi connectivity index (χ4n) is 1.82. The number of nitrogens with zero attached hydrogens (tertiary/aromatic N) is 2. The summed E-state index contributed by atoms with van der Waals surface area (Å²) in [6.45, 7) is 3.13. The van der Waals surface area contributed by atoms with E-state index in [1.165, 1.54) is 0 Å². The van der Waals surface area contributed by atoms with Crippen molar-refractivity contribution in [2.75, 3.05) is 11.9 Å². The van der Waals surface area contributed by atoms with Crippen molar-refractivity contribution in [2.45, 2.75) is 32.7 Å². The van der Waals surface area contributed by atoms with Gasteiger partial charge in [0.15, 0.2) is 5.82 Å². The van der Waals surface area contributed by atoms with Crippen LogP contribution in [0.3, 0.4) is 0 Å². The molecule has 0 bridgehead atoms. The Bertz CT molecular complexity index is 615. The predicted octanol–water partition coefficient (Wildman–Crippen LogP) is 2.79. The van der Waals surface area contributed by atoms with Crippen LogP contribution in [0, 0.1) is 0 Å². The van der Waals surface area contributed by atoms with E-state index in [1.54, 1.807) is 12.1 Å². The predicted molar refractivity (Wildman–Crippen MR) is 84.7 cm³/mol. The van der Waals surface area contributed by atoms with Gasteiger partial charge in [0.1, 0.15) is 0 Å². The quantitative estimate of drug-likeness (QED) is 0.730. The summed E-state index contributed by atoms with van der Waals surface area (Å²) in [4.78, 5) is 15.8. The first-order chi connectivity index (χ1) is 10.7. The summed E-state index contributed by atoms with van der Waals surface area (Å²) in [7, 11) is 0. The molecule has 0 aliphatic carbocycles. The van der Waals surface area contributed by atoms with Crippen molar-refractivity contribution in [3.63, 3.8) is 0 Å². The van der Waals surface area contributed by atoms with Gasteiger partial charge in [-0.25, -0.2) is 0 Å². The van der Waals surface area contributed by atoms with Crippen LogP contribution in [0.5, 0.6) is 0 Å². The van der Waals surface area contributed by atoms with E-state index in [0.29, 0.717) is 29.8 Å². The van der Waals surface area contributed by atoms with Crippen LogP contribution in [0.4, 0.5) is 5.69 Å². The number of aromatic nitrogens is 2. The van der Waals surface area contributed by atoms with Crippen LogP contribution in [0.25, 0.3) is 0 Å². The average Bonchev–Trinajstić information content (AvgIpc) is 2.93. The molecule has 7 heteroatoms. The highest BCUT2D eigenvalue weighted by Crippen LogP contribution is 2.15. The molecule has 1 aromatic carbocycles. The second-order valence-corrected chi connectivity index (χ2v) is 5.28. The van der Waals surface area contributed by atoms with E-state index in [0.717, 1.165) is 18.5 Å². The lowest BCUT2D eigenvalue weighted by atomic mass is 10.3. The lowest BCUT2D eigenvalue weighted by Crippen LogP contribution is -2.26. The highest BCUT2D eigenvalue weighted by molar-refractivity contribution is 6.30. The minimum atomic E-state index is -0.0939. The van der Waals surface area contributed by atoms with Crippen LogP contribution in [0.1, 0.15) is 31.5 Å². The second-order valence-electron chi connectivity index (χ2n) is 4.85. The number of carbonyl (C=O) groups is 1. The lowest BCUT2D eigenvalue weighted by molar-refractivity contribution is -0.120. The van der Waals surface area contributed by atoms with Gasteiger partial charge in [0.05, 0.1) is 13.0 Å². The molecule has 0 atom stereocenters. The zero-order chi connectivity index (χ0) is 15.8. The van der Waals surface area contributed by atoms with E-state index in [9.17, 15) is 4.79 Å². The van der Waals surface area contributed by atoms with Gasteiger partial charge in [0.25, 0.3) is 0 Å². The molecule has 1 aromatic heterocycles. The summed E-state index contributed by atoms with van der Waals surface area (Å²) in [5.74, 6) is 0.719. The Kier molecular flexibility index (Phi) is 6.21. The van der Waals surface area contributed by atoms with Gasteiger partial charge in [0, 0.05) is 17.3 Å². The zero-order valence-corrected chi connectivity index (χ0v) is 13.2. The van der Waals surface area contributed by atoms with E-state index in [-0.39, 0.29) is 12.3 Å². The number of hydrogen-bond acceptors (Lipinski definition) is 5. The monoisotopic (exact) mass is 322 g/mol. The van der Waals surface area contributed by atoms with E-state index in [4.69, 9.17) is 16.1 Å². The van der Waals surface area contributed by atoms with Gasteiger partial charge in [-0.1, -0.05) is 36.2 Å². The molecule has 1 amide bonds. The van der Waals surface area contributed by atoms with Gasteiger partial charge >= 0.3 is 0 Å². The summed E-state index contributed by atoms with van der Waals surface area (Å²) in [5.41, 5.74) is 0.865. The summed E-state index contributed by atoms with van der Waals surface area (Å²) in [6.07, 6.45) is 2.14. The summed E-state index contributed by atoms with van der Waals surface area (Å²) < 4.78 is 5.11. The Morgan fingerprint density at radius 2 is 2.27 bits per heavy atom. The number of halogens is 1. The van der Waals surface area contributed by atoms with Crippen molar-refractivity contribution in [2.24, 2.45) is 0 Å². The maximum absolute atomic E-state index is 11.7. The summed E-state index contributed by atoms with van der Waals surface area (Å²) >= 11 is 5.90. The van der Waals surface area contributed by atoms with Crippen molar-refractivity contribution in [3.05, 3.63) is 41.0 Å². The number of amides is 1. The van der Waals surface area contributed by atoms with Gasteiger partial charge in [-0.2, -0.15) is 4.98 Å². The maximum atomic E-state index is 11.7. The number of benzene rings is 1. The molecule has 0 radical (unpaired) electrons. The van der Waals surface area contributed by atoms with E-state index in [2.05, 4.69) is 27.7 Å². The molecule has 2 rings (SSSR count). The Morgan fingerprint density at radius 3 is 3.05 bits per heavy atom. The van der Waals surface area contributed by atoms with Crippen molar-refractivity contribution in [3.8, 4) is 0 Å². The SMILES string of the molecule is CCCCNC(=O)Cc1noc(CNc2cccc(Cl)c2)n1. The van der Waals surface area contributed by atoms with Crippen molar-refractivity contribution in [1.29, 1.82) is 0 Å². The third-order valence-corrected chi connectivity index (χ3v) is 3.18. The van der Waals surface area contributed by atoms with Gasteiger partial charge < -0.3 is 15.2 Å². The molecule has 2 aromatic rings. The topological polar surface area (TPSA) is 80.0 Å². The molecule has 0 saturated heterocycles. The van der Waals surface area contributed by atoms with Crippen molar-refractivity contribution >= 4 is 23.2 Å². The molecule has 0 aliphatic rings. The maximum Gasteiger partial charge on any atom is 0.245 e. The number of nitrogens with one attached hydrogen (secondary N) is 2. The number of hydrogen-bond donors (Lipinski definition) is 2. The Hall–Kier alpha value is -2.08. The van der Waals surface area contributed by atoms with E-state index < -0.39 is 0 Å². The smallest absolute Gasteiger partial charge is 0.245 e.